The topological polar surface area (TPSA) is 136 Å². The van der Waals surface area contributed by atoms with Gasteiger partial charge in [0.1, 0.15) is 24.5 Å². The molecule has 0 spiro atoms. The summed E-state index contributed by atoms with van der Waals surface area (Å²) >= 11 is 6.07. The van der Waals surface area contributed by atoms with Gasteiger partial charge in [-0.25, -0.2) is 4.98 Å². The first-order chi connectivity index (χ1) is 18.1. The van der Waals surface area contributed by atoms with E-state index in [1.54, 1.807) is 42.5 Å². The second-order valence-corrected chi connectivity index (χ2v) is 9.63. The molecule has 1 aliphatic rings. The van der Waals surface area contributed by atoms with Crippen molar-refractivity contribution in [2.75, 3.05) is 33.5 Å². The van der Waals surface area contributed by atoms with Gasteiger partial charge >= 0.3 is 0 Å². The standard InChI is InChI=1S/C28H30ClN3O6/c1-4-28(35,15-31-26(34)18-7-10-21(37-12-11-33)22(13-18)36-3)23-14-20-25(38-16-27(20,2)30)24(32-23)17-5-8-19(29)9-6-17/h4-10,13-14,33,35H,1,11-12,15-16,30H2,2-3H3,(H,31,34). The lowest BCUT2D eigenvalue weighted by atomic mass is 9.89. The van der Waals surface area contributed by atoms with Crippen molar-refractivity contribution in [3.63, 3.8) is 0 Å². The molecular formula is C28H30ClN3O6. The minimum atomic E-state index is -1.72. The largest absolute Gasteiger partial charge is 0.493 e. The number of aliphatic hydroxyl groups is 2. The van der Waals surface area contributed by atoms with E-state index in [1.807, 2.05) is 6.92 Å². The summed E-state index contributed by atoms with van der Waals surface area (Å²) in [5.74, 6) is 0.806. The van der Waals surface area contributed by atoms with Crippen molar-refractivity contribution < 1.29 is 29.2 Å². The van der Waals surface area contributed by atoms with Crippen LogP contribution in [0, 0.1) is 0 Å². The minimum Gasteiger partial charge on any atom is -0.493 e. The van der Waals surface area contributed by atoms with Gasteiger partial charge < -0.3 is 35.5 Å². The predicted octanol–water partition coefficient (Wildman–Crippen LogP) is 3.15. The van der Waals surface area contributed by atoms with E-state index in [1.165, 1.54) is 19.3 Å². The van der Waals surface area contributed by atoms with E-state index in [9.17, 15) is 9.90 Å². The summed E-state index contributed by atoms with van der Waals surface area (Å²) in [7, 11) is 1.45. The summed E-state index contributed by atoms with van der Waals surface area (Å²) in [6, 6.07) is 13.4. The van der Waals surface area contributed by atoms with E-state index in [4.69, 9.17) is 41.6 Å². The summed E-state index contributed by atoms with van der Waals surface area (Å²) < 4.78 is 16.6. The zero-order valence-corrected chi connectivity index (χ0v) is 21.9. The molecule has 2 unspecified atom stereocenters. The van der Waals surface area contributed by atoms with E-state index in [2.05, 4.69) is 11.9 Å². The average Bonchev–Trinajstić information content (AvgIpc) is 3.24. The SMILES string of the molecule is C=CC(O)(CNC(=O)c1ccc(OCCO)c(OC)c1)c1cc2c(c(-c3ccc(Cl)cc3)n1)OCC2(C)N. The number of methoxy groups -OCH3 is 1. The molecule has 200 valence electrons. The van der Waals surface area contributed by atoms with Gasteiger partial charge in [-0.3, -0.25) is 4.79 Å². The van der Waals surface area contributed by atoms with E-state index in [0.717, 1.165) is 5.56 Å². The Hall–Kier alpha value is -3.63. The van der Waals surface area contributed by atoms with E-state index >= 15 is 0 Å². The number of aromatic nitrogens is 1. The molecule has 1 aromatic heterocycles. The number of aliphatic hydroxyl groups excluding tert-OH is 1. The van der Waals surface area contributed by atoms with Crippen molar-refractivity contribution in [1.82, 2.24) is 10.3 Å². The van der Waals surface area contributed by atoms with Gasteiger partial charge in [-0.1, -0.05) is 36.4 Å². The second kappa shape index (κ2) is 11.0. The van der Waals surface area contributed by atoms with E-state index in [-0.39, 0.29) is 37.6 Å². The van der Waals surface area contributed by atoms with Gasteiger partial charge in [0.25, 0.3) is 5.91 Å². The first kappa shape index (κ1) is 27.4. The molecule has 9 nitrogen and oxygen atoms in total. The fourth-order valence-electron chi connectivity index (χ4n) is 4.10. The van der Waals surface area contributed by atoms with Crippen molar-refractivity contribution in [1.29, 1.82) is 0 Å². The highest BCUT2D eigenvalue weighted by atomic mass is 35.5. The lowest BCUT2D eigenvalue weighted by Gasteiger charge is -2.27. The molecule has 2 atom stereocenters. The lowest BCUT2D eigenvalue weighted by Crippen LogP contribution is -2.40. The lowest BCUT2D eigenvalue weighted by molar-refractivity contribution is 0.0721. The summed E-state index contributed by atoms with van der Waals surface area (Å²) in [5.41, 5.74) is 6.42. The van der Waals surface area contributed by atoms with Crippen LogP contribution in [0.15, 0.2) is 61.2 Å². The van der Waals surface area contributed by atoms with Crippen molar-refractivity contribution in [2.45, 2.75) is 18.1 Å². The number of ether oxygens (including phenoxy) is 3. The molecule has 0 saturated heterocycles. The number of rotatable bonds is 10. The molecule has 1 amide bonds. The Labute approximate surface area is 225 Å². The van der Waals surface area contributed by atoms with Crippen LogP contribution in [0.2, 0.25) is 5.02 Å². The number of benzene rings is 2. The van der Waals surface area contributed by atoms with Crippen LogP contribution < -0.4 is 25.3 Å². The summed E-state index contributed by atoms with van der Waals surface area (Å²) in [6.45, 7) is 5.60. The maximum atomic E-state index is 13.0. The molecule has 0 saturated carbocycles. The number of pyridine rings is 1. The van der Waals surface area contributed by atoms with Gasteiger partial charge in [0.2, 0.25) is 0 Å². The molecule has 0 radical (unpaired) electrons. The second-order valence-electron chi connectivity index (χ2n) is 9.19. The number of amides is 1. The number of carbonyl (C=O) groups is 1. The van der Waals surface area contributed by atoms with E-state index in [0.29, 0.717) is 33.5 Å². The summed E-state index contributed by atoms with van der Waals surface area (Å²) in [4.78, 5) is 17.7. The highest BCUT2D eigenvalue weighted by molar-refractivity contribution is 6.30. The van der Waals surface area contributed by atoms with Gasteiger partial charge in [0.15, 0.2) is 17.2 Å². The van der Waals surface area contributed by atoms with E-state index < -0.39 is 17.0 Å². The van der Waals surface area contributed by atoms with Gasteiger partial charge in [-0.05, 0) is 43.3 Å². The maximum absolute atomic E-state index is 13.0. The Balaban J connectivity index is 1.64. The third-order valence-corrected chi connectivity index (χ3v) is 6.55. The monoisotopic (exact) mass is 539 g/mol. The first-order valence-corrected chi connectivity index (χ1v) is 12.3. The third-order valence-electron chi connectivity index (χ3n) is 6.30. The predicted molar refractivity (Wildman–Crippen MR) is 144 cm³/mol. The molecule has 10 heteroatoms. The number of nitrogens with two attached hydrogens (primary N) is 1. The number of halogens is 1. The maximum Gasteiger partial charge on any atom is 0.251 e. The Morgan fingerprint density at radius 3 is 2.68 bits per heavy atom. The third kappa shape index (κ3) is 5.46. The molecule has 4 rings (SSSR count). The molecule has 38 heavy (non-hydrogen) atoms. The molecule has 1 aliphatic heterocycles. The molecule has 0 bridgehead atoms. The molecule has 0 aliphatic carbocycles. The Morgan fingerprint density at radius 1 is 1.29 bits per heavy atom. The van der Waals surface area contributed by atoms with Crippen molar-refractivity contribution in [3.8, 4) is 28.5 Å². The zero-order valence-electron chi connectivity index (χ0n) is 21.2. The van der Waals surface area contributed by atoms with Crippen molar-refractivity contribution in [2.24, 2.45) is 5.73 Å². The van der Waals surface area contributed by atoms with Gasteiger partial charge in [0, 0.05) is 21.7 Å². The van der Waals surface area contributed by atoms with Crippen LogP contribution in [0.5, 0.6) is 17.2 Å². The van der Waals surface area contributed by atoms with Crippen LogP contribution >= 0.6 is 11.6 Å². The Bertz CT molecular complexity index is 1350. The van der Waals surface area contributed by atoms with Gasteiger partial charge in [0.05, 0.1) is 31.5 Å². The van der Waals surface area contributed by atoms with Gasteiger partial charge in [-0.2, -0.15) is 0 Å². The number of nitrogens with zero attached hydrogens (tertiary/aromatic N) is 1. The van der Waals surface area contributed by atoms with Crippen LogP contribution in [-0.4, -0.2) is 54.6 Å². The first-order valence-electron chi connectivity index (χ1n) is 11.9. The Morgan fingerprint density at radius 2 is 2.03 bits per heavy atom. The fourth-order valence-corrected chi connectivity index (χ4v) is 4.22. The van der Waals surface area contributed by atoms with Crippen LogP contribution in [0.4, 0.5) is 0 Å². The fraction of sp³-hybridized carbons (Fsp3) is 0.286. The number of hydrogen-bond acceptors (Lipinski definition) is 8. The molecule has 2 heterocycles. The number of nitrogens with one attached hydrogen (secondary N) is 1. The highest BCUT2D eigenvalue weighted by Gasteiger charge is 2.39. The normalized spacial score (nSPS) is 17.6. The highest BCUT2D eigenvalue weighted by Crippen LogP contribution is 2.43. The van der Waals surface area contributed by atoms with Crippen LogP contribution in [0.3, 0.4) is 0 Å². The average molecular weight is 540 g/mol. The number of carbonyl (C=O) groups excluding carboxylic acids is 1. The summed E-state index contributed by atoms with van der Waals surface area (Å²) in [5, 5.41) is 23.9. The van der Waals surface area contributed by atoms with Crippen LogP contribution in [0.1, 0.15) is 28.5 Å². The number of hydrogen-bond donors (Lipinski definition) is 4. The van der Waals surface area contributed by atoms with Crippen molar-refractivity contribution in [3.05, 3.63) is 83.0 Å². The molecule has 2 aromatic carbocycles. The van der Waals surface area contributed by atoms with Crippen molar-refractivity contribution >= 4 is 17.5 Å². The van der Waals surface area contributed by atoms with Gasteiger partial charge in [-0.15, -0.1) is 0 Å². The molecule has 5 N–H and O–H groups in total. The van der Waals surface area contributed by atoms with Crippen LogP contribution in [-0.2, 0) is 11.1 Å². The van der Waals surface area contributed by atoms with Crippen LogP contribution in [0.25, 0.3) is 11.3 Å². The number of fused-ring (bicyclic) bond motifs is 1. The molecule has 3 aromatic rings. The zero-order chi connectivity index (χ0) is 27.5. The quantitative estimate of drug-likeness (QED) is 0.288. The Kier molecular flexibility index (Phi) is 7.94. The molecular weight excluding hydrogens is 510 g/mol. The smallest absolute Gasteiger partial charge is 0.251 e. The summed E-state index contributed by atoms with van der Waals surface area (Å²) in [6.07, 6.45) is 1.32. The minimum absolute atomic E-state index is 0.0902. The molecule has 0 fully saturated rings.